The van der Waals surface area contributed by atoms with E-state index in [0.29, 0.717) is 48.2 Å². The molecule has 2 amide bonds. The molecule has 0 bridgehead atoms. The van der Waals surface area contributed by atoms with Gasteiger partial charge in [-0.15, -0.1) is 0 Å². The van der Waals surface area contributed by atoms with Gasteiger partial charge in [-0.2, -0.15) is 0 Å². The molecule has 0 saturated carbocycles. The highest BCUT2D eigenvalue weighted by Gasteiger charge is 2.27. The van der Waals surface area contributed by atoms with Crippen LogP contribution >= 0.6 is 11.6 Å². The highest BCUT2D eigenvalue weighted by Crippen LogP contribution is 2.36. The number of hydrogen-bond donors (Lipinski definition) is 2. The summed E-state index contributed by atoms with van der Waals surface area (Å²) in [5.41, 5.74) is 2.01. The number of morpholine rings is 1. The van der Waals surface area contributed by atoms with Gasteiger partial charge < -0.3 is 24.5 Å². The minimum atomic E-state index is -1.14. The molecule has 1 fully saturated rings. The number of nitrogens with zero attached hydrogens (tertiary/aromatic N) is 1. The van der Waals surface area contributed by atoms with Crippen LogP contribution in [0, 0.1) is 0 Å². The number of amides is 2. The van der Waals surface area contributed by atoms with Crippen molar-refractivity contribution in [2.24, 2.45) is 0 Å². The molecule has 0 unspecified atom stereocenters. The Bertz CT molecular complexity index is 1130. The summed E-state index contributed by atoms with van der Waals surface area (Å²) >= 11 is 6.46. The maximum atomic E-state index is 12.6. The molecule has 1 saturated heterocycles. The topological polar surface area (TPSA) is 92.0 Å². The molecular formula is C23H23ClN2O5. The monoisotopic (exact) mass is 442 g/mol. The third-order valence-corrected chi connectivity index (χ3v) is 5.65. The number of rotatable bonds is 4. The summed E-state index contributed by atoms with van der Waals surface area (Å²) in [5.74, 6) is 0.464. The van der Waals surface area contributed by atoms with E-state index >= 15 is 0 Å². The summed E-state index contributed by atoms with van der Waals surface area (Å²) in [6.07, 6.45) is -1.14. The standard InChI is InChI=1S/C23H23ClN2O5/c1-23(2,25-22(28)29)19-13-17-11-16(12-18(24)20(17)31-19)14-3-5-15(6-4-14)21(27)26-7-9-30-10-8-26/h3-6,11-13,25H,7-10H2,1-2H3,(H,28,29). The number of furan rings is 1. The molecule has 1 aliphatic rings. The fourth-order valence-corrected chi connectivity index (χ4v) is 3.93. The van der Waals surface area contributed by atoms with Crippen LogP contribution in [-0.2, 0) is 10.3 Å². The van der Waals surface area contributed by atoms with Crippen molar-refractivity contribution in [2.75, 3.05) is 26.3 Å². The van der Waals surface area contributed by atoms with E-state index < -0.39 is 11.6 Å². The van der Waals surface area contributed by atoms with Gasteiger partial charge >= 0.3 is 6.09 Å². The highest BCUT2D eigenvalue weighted by atomic mass is 35.5. The van der Waals surface area contributed by atoms with Crippen LogP contribution < -0.4 is 5.32 Å². The minimum absolute atomic E-state index is 0.00373. The van der Waals surface area contributed by atoms with Crippen molar-refractivity contribution >= 4 is 34.6 Å². The Morgan fingerprint density at radius 1 is 1.06 bits per heavy atom. The molecule has 2 N–H and O–H groups in total. The van der Waals surface area contributed by atoms with Crippen LogP contribution in [0.15, 0.2) is 46.9 Å². The first-order chi connectivity index (χ1) is 14.7. The second-order valence-electron chi connectivity index (χ2n) is 8.02. The molecule has 4 rings (SSSR count). The summed E-state index contributed by atoms with van der Waals surface area (Å²) in [5, 5.41) is 12.7. The van der Waals surface area contributed by atoms with Gasteiger partial charge in [-0.25, -0.2) is 4.79 Å². The van der Waals surface area contributed by atoms with Crippen molar-refractivity contribution in [2.45, 2.75) is 19.4 Å². The van der Waals surface area contributed by atoms with E-state index in [1.54, 1.807) is 30.9 Å². The van der Waals surface area contributed by atoms with Crippen molar-refractivity contribution < 1.29 is 23.8 Å². The number of carboxylic acid groups (broad SMARTS) is 1. The van der Waals surface area contributed by atoms with Crippen LogP contribution in [0.5, 0.6) is 0 Å². The molecule has 162 valence electrons. The lowest BCUT2D eigenvalue weighted by atomic mass is 10.00. The average Bonchev–Trinajstić information content (AvgIpc) is 3.19. The summed E-state index contributed by atoms with van der Waals surface area (Å²) in [7, 11) is 0. The Morgan fingerprint density at radius 2 is 1.74 bits per heavy atom. The lowest BCUT2D eigenvalue weighted by Crippen LogP contribution is -2.40. The van der Waals surface area contributed by atoms with Gasteiger partial charge in [0.15, 0.2) is 5.58 Å². The Kier molecular flexibility index (Phi) is 5.64. The molecule has 0 aliphatic carbocycles. The van der Waals surface area contributed by atoms with Crippen LogP contribution in [-0.4, -0.2) is 48.3 Å². The van der Waals surface area contributed by atoms with Crippen molar-refractivity contribution in [3.63, 3.8) is 0 Å². The fourth-order valence-electron chi connectivity index (χ4n) is 3.67. The Hall–Kier alpha value is -3.03. The predicted octanol–water partition coefficient (Wildman–Crippen LogP) is 4.73. The molecule has 7 nitrogen and oxygen atoms in total. The van der Waals surface area contributed by atoms with Gasteiger partial charge in [0.2, 0.25) is 0 Å². The third-order valence-electron chi connectivity index (χ3n) is 5.37. The quantitative estimate of drug-likeness (QED) is 0.609. The van der Waals surface area contributed by atoms with Crippen LogP contribution in [0.3, 0.4) is 0 Å². The molecular weight excluding hydrogens is 420 g/mol. The van der Waals surface area contributed by atoms with Gasteiger partial charge in [0.25, 0.3) is 5.91 Å². The Balaban J connectivity index is 1.62. The second kappa shape index (κ2) is 8.24. The lowest BCUT2D eigenvalue weighted by Gasteiger charge is -2.26. The summed E-state index contributed by atoms with van der Waals surface area (Å²) in [6, 6.07) is 12.9. The minimum Gasteiger partial charge on any atom is -0.465 e. The van der Waals surface area contributed by atoms with Crippen LogP contribution in [0.4, 0.5) is 4.79 Å². The van der Waals surface area contributed by atoms with Gasteiger partial charge in [0.1, 0.15) is 5.76 Å². The van der Waals surface area contributed by atoms with Crippen molar-refractivity contribution in [1.82, 2.24) is 10.2 Å². The van der Waals surface area contributed by atoms with Crippen molar-refractivity contribution in [1.29, 1.82) is 0 Å². The maximum Gasteiger partial charge on any atom is 0.405 e. The molecule has 2 heterocycles. The SMILES string of the molecule is CC(C)(NC(=O)O)c1cc2cc(-c3ccc(C(=O)N4CCOCC4)cc3)cc(Cl)c2o1. The number of benzene rings is 2. The van der Waals surface area contributed by atoms with Gasteiger partial charge in [-0.3, -0.25) is 4.79 Å². The molecule has 0 radical (unpaired) electrons. The molecule has 3 aromatic rings. The number of halogens is 1. The van der Waals surface area contributed by atoms with E-state index in [1.165, 1.54) is 0 Å². The second-order valence-corrected chi connectivity index (χ2v) is 8.43. The van der Waals surface area contributed by atoms with E-state index in [4.69, 9.17) is 25.9 Å². The summed E-state index contributed by atoms with van der Waals surface area (Å²) < 4.78 is 11.2. The first-order valence-corrected chi connectivity index (χ1v) is 10.3. The van der Waals surface area contributed by atoms with Crippen molar-refractivity contribution in [3.8, 4) is 11.1 Å². The van der Waals surface area contributed by atoms with E-state index in [9.17, 15) is 9.59 Å². The summed E-state index contributed by atoms with van der Waals surface area (Å²) in [6.45, 7) is 5.77. The number of hydrogen-bond acceptors (Lipinski definition) is 4. The summed E-state index contributed by atoms with van der Waals surface area (Å²) in [4.78, 5) is 25.5. The molecule has 2 aromatic carbocycles. The zero-order chi connectivity index (χ0) is 22.2. The third kappa shape index (κ3) is 4.38. The molecule has 1 aromatic heterocycles. The highest BCUT2D eigenvalue weighted by molar-refractivity contribution is 6.35. The Morgan fingerprint density at radius 3 is 2.39 bits per heavy atom. The largest absolute Gasteiger partial charge is 0.465 e. The zero-order valence-corrected chi connectivity index (χ0v) is 18.0. The van der Waals surface area contributed by atoms with Crippen LogP contribution in [0.2, 0.25) is 5.02 Å². The number of nitrogens with one attached hydrogen (secondary N) is 1. The molecule has 0 atom stereocenters. The molecule has 8 heteroatoms. The predicted molar refractivity (Wildman–Crippen MR) is 118 cm³/mol. The average molecular weight is 443 g/mol. The maximum absolute atomic E-state index is 12.6. The fraction of sp³-hybridized carbons (Fsp3) is 0.304. The van der Waals surface area contributed by atoms with E-state index in [0.717, 1.165) is 16.5 Å². The Labute approximate surface area is 184 Å². The van der Waals surface area contributed by atoms with Gasteiger partial charge in [-0.1, -0.05) is 23.7 Å². The van der Waals surface area contributed by atoms with Crippen molar-refractivity contribution in [3.05, 3.63) is 58.8 Å². The van der Waals surface area contributed by atoms with E-state index in [-0.39, 0.29) is 5.91 Å². The van der Waals surface area contributed by atoms with Gasteiger partial charge in [0.05, 0.1) is 23.8 Å². The lowest BCUT2D eigenvalue weighted by molar-refractivity contribution is 0.0303. The van der Waals surface area contributed by atoms with E-state index in [1.807, 2.05) is 30.3 Å². The number of ether oxygens (including phenoxy) is 1. The smallest absolute Gasteiger partial charge is 0.405 e. The first-order valence-electron chi connectivity index (χ1n) is 9.97. The number of carbonyl (C=O) groups is 2. The van der Waals surface area contributed by atoms with Crippen LogP contribution in [0.25, 0.3) is 22.1 Å². The molecule has 31 heavy (non-hydrogen) atoms. The normalized spacial score (nSPS) is 14.6. The number of fused-ring (bicyclic) bond motifs is 1. The zero-order valence-electron chi connectivity index (χ0n) is 17.3. The molecule has 1 aliphatic heterocycles. The molecule has 0 spiro atoms. The first kappa shape index (κ1) is 21.2. The number of carbonyl (C=O) groups excluding carboxylic acids is 1. The van der Waals surface area contributed by atoms with Gasteiger partial charge in [0, 0.05) is 24.0 Å². The van der Waals surface area contributed by atoms with Gasteiger partial charge in [-0.05, 0) is 55.3 Å². The van der Waals surface area contributed by atoms with Crippen LogP contribution in [0.1, 0.15) is 30.0 Å². The van der Waals surface area contributed by atoms with E-state index in [2.05, 4.69) is 5.32 Å².